The number of rotatable bonds is 6. The van der Waals surface area contributed by atoms with E-state index in [4.69, 9.17) is 0 Å². The van der Waals surface area contributed by atoms with Gasteiger partial charge in [-0.25, -0.2) is 0 Å². The van der Waals surface area contributed by atoms with Gasteiger partial charge in [0.05, 0.1) is 11.4 Å². The summed E-state index contributed by atoms with van der Waals surface area (Å²) < 4.78 is 1.54. The highest BCUT2D eigenvalue weighted by Crippen LogP contribution is 2.38. The predicted octanol–water partition coefficient (Wildman–Crippen LogP) is 3.51. The van der Waals surface area contributed by atoms with Gasteiger partial charge in [-0.1, -0.05) is 30.3 Å². The minimum atomic E-state index is -0.555. The smallest absolute Gasteiger partial charge is 0.358 e. The molecule has 0 atom stereocenters. The Morgan fingerprint density at radius 2 is 1.89 bits per heavy atom. The topological polar surface area (TPSA) is 93.3 Å². The average molecular weight is 377 g/mol. The van der Waals surface area contributed by atoms with Crippen molar-refractivity contribution in [1.29, 1.82) is 0 Å². The lowest BCUT2D eigenvalue weighted by Gasteiger charge is -2.23. The Morgan fingerprint density at radius 1 is 1.14 bits per heavy atom. The normalized spacial score (nSPS) is 12.6. The number of carbonyl (C=O) groups excluding carboxylic acids is 1. The van der Waals surface area contributed by atoms with Crippen molar-refractivity contribution in [1.82, 2.24) is 9.55 Å². The Kier molecular flexibility index (Phi) is 4.76. The first-order chi connectivity index (χ1) is 13.6. The second-order valence-electron chi connectivity index (χ2n) is 6.57. The lowest BCUT2D eigenvalue weighted by Crippen LogP contribution is -2.19. The Hall–Kier alpha value is -3.68. The minimum Gasteiger partial charge on any atom is -0.358 e. The van der Waals surface area contributed by atoms with Crippen LogP contribution in [0.1, 0.15) is 12.0 Å². The number of amides is 1. The molecule has 0 saturated heterocycles. The highest BCUT2D eigenvalue weighted by atomic mass is 16.6. The molecular formula is C20H19N5O3. The van der Waals surface area contributed by atoms with Gasteiger partial charge in [0.25, 0.3) is 0 Å². The third-order valence-corrected chi connectivity index (χ3v) is 4.76. The van der Waals surface area contributed by atoms with E-state index in [2.05, 4.69) is 27.3 Å². The Morgan fingerprint density at radius 3 is 2.68 bits per heavy atom. The van der Waals surface area contributed by atoms with Crippen LogP contribution >= 0.6 is 0 Å². The molecule has 0 bridgehead atoms. The lowest BCUT2D eigenvalue weighted by atomic mass is 10.1. The second kappa shape index (κ2) is 7.51. The molecule has 1 aromatic heterocycles. The summed E-state index contributed by atoms with van der Waals surface area (Å²) >= 11 is 0. The number of aryl methyl sites for hydroxylation is 1. The lowest BCUT2D eigenvalue weighted by molar-refractivity contribution is -0.389. The average Bonchev–Trinajstić information content (AvgIpc) is 3.34. The highest BCUT2D eigenvalue weighted by molar-refractivity contribution is 5.95. The van der Waals surface area contributed by atoms with Gasteiger partial charge in [-0.3, -0.25) is 4.79 Å². The number of fused-ring (bicyclic) bond motifs is 1. The fourth-order valence-corrected chi connectivity index (χ4v) is 3.41. The van der Waals surface area contributed by atoms with Crippen LogP contribution in [0.2, 0.25) is 0 Å². The van der Waals surface area contributed by atoms with Gasteiger partial charge in [-0.15, -0.1) is 0 Å². The molecule has 0 spiro atoms. The summed E-state index contributed by atoms with van der Waals surface area (Å²) in [7, 11) is 0. The van der Waals surface area contributed by atoms with Gasteiger partial charge < -0.3 is 24.9 Å². The van der Waals surface area contributed by atoms with Crippen molar-refractivity contribution in [3.63, 3.8) is 0 Å². The Labute approximate surface area is 161 Å². The van der Waals surface area contributed by atoms with E-state index in [9.17, 15) is 14.9 Å². The number of para-hydroxylation sites is 3. The zero-order valence-electron chi connectivity index (χ0n) is 15.1. The Balaban J connectivity index is 1.45. The monoisotopic (exact) mass is 377 g/mol. The summed E-state index contributed by atoms with van der Waals surface area (Å²) in [4.78, 5) is 28.5. The first-order valence-corrected chi connectivity index (χ1v) is 9.02. The summed E-state index contributed by atoms with van der Waals surface area (Å²) in [5.74, 6) is -0.380. The van der Waals surface area contributed by atoms with Crippen molar-refractivity contribution < 1.29 is 9.72 Å². The van der Waals surface area contributed by atoms with Crippen molar-refractivity contribution in [2.24, 2.45) is 0 Å². The summed E-state index contributed by atoms with van der Waals surface area (Å²) in [6.07, 6.45) is 3.85. The molecule has 3 aromatic rings. The van der Waals surface area contributed by atoms with Crippen LogP contribution in [0, 0.1) is 10.1 Å². The fraction of sp³-hybridized carbons (Fsp3) is 0.200. The van der Waals surface area contributed by atoms with Crippen molar-refractivity contribution >= 4 is 28.8 Å². The predicted molar refractivity (Wildman–Crippen MR) is 106 cm³/mol. The number of benzene rings is 2. The van der Waals surface area contributed by atoms with Crippen LogP contribution in [0.3, 0.4) is 0 Å². The SMILES string of the molecule is O=C(CCn1cnc([N+](=O)[O-])c1)Nc1ccccc1N1CCc2ccccc21. The standard InChI is InChI=1S/C20H19N5O3/c26-20(10-11-23-13-19(21-14-23)25(27)28)22-16-6-2-4-8-18(16)24-12-9-15-5-1-3-7-17(15)24/h1-8,13-14H,9-12H2,(H,22,26). The molecule has 0 radical (unpaired) electrons. The van der Waals surface area contributed by atoms with E-state index in [1.807, 2.05) is 36.4 Å². The van der Waals surface area contributed by atoms with Gasteiger partial charge in [0.1, 0.15) is 6.20 Å². The zero-order chi connectivity index (χ0) is 19.5. The van der Waals surface area contributed by atoms with E-state index in [1.165, 1.54) is 18.1 Å². The number of hydrogen-bond donors (Lipinski definition) is 1. The Bertz CT molecular complexity index is 1030. The molecule has 28 heavy (non-hydrogen) atoms. The van der Waals surface area contributed by atoms with Gasteiger partial charge in [0, 0.05) is 25.2 Å². The van der Waals surface area contributed by atoms with E-state index in [0.717, 1.165) is 30.0 Å². The quantitative estimate of drug-likeness (QED) is 0.524. The molecule has 142 valence electrons. The van der Waals surface area contributed by atoms with Gasteiger partial charge in [0.15, 0.2) is 0 Å². The number of nitro groups is 1. The minimum absolute atomic E-state index is 0.156. The van der Waals surface area contributed by atoms with Crippen molar-refractivity contribution in [2.75, 3.05) is 16.8 Å². The van der Waals surface area contributed by atoms with E-state index >= 15 is 0 Å². The molecule has 0 aliphatic carbocycles. The molecule has 8 heteroatoms. The summed E-state index contributed by atoms with van der Waals surface area (Å²) in [6.45, 7) is 1.19. The molecule has 2 aromatic carbocycles. The summed E-state index contributed by atoms with van der Waals surface area (Å²) in [5, 5.41) is 13.7. The first-order valence-electron chi connectivity index (χ1n) is 9.02. The van der Waals surface area contributed by atoms with Crippen LogP contribution in [0.5, 0.6) is 0 Å². The number of nitrogens with one attached hydrogen (secondary N) is 1. The third kappa shape index (κ3) is 3.57. The number of imidazole rings is 1. The van der Waals surface area contributed by atoms with Crippen LogP contribution in [-0.4, -0.2) is 26.9 Å². The molecule has 2 heterocycles. The maximum atomic E-state index is 12.4. The summed E-state index contributed by atoms with van der Waals surface area (Å²) in [5.41, 5.74) is 4.17. The van der Waals surface area contributed by atoms with E-state index in [-0.39, 0.29) is 18.1 Å². The zero-order valence-corrected chi connectivity index (χ0v) is 15.1. The third-order valence-electron chi connectivity index (χ3n) is 4.76. The van der Waals surface area contributed by atoms with Crippen molar-refractivity contribution in [3.8, 4) is 0 Å². The summed E-state index contributed by atoms with van der Waals surface area (Å²) in [6, 6.07) is 16.0. The van der Waals surface area contributed by atoms with Gasteiger partial charge in [0.2, 0.25) is 12.2 Å². The fourth-order valence-electron chi connectivity index (χ4n) is 3.41. The molecule has 8 nitrogen and oxygen atoms in total. The van der Waals surface area contributed by atoms with Crippen LogP contribution in [0.4, 0.5) is 22.9 Å². The molecule has 4 rings (SSSR count). The molecule has 1 aliphatic heterocycles. The molecule has 1 aliphatic rings. The van der Waals surface area contributed by atoms with E-state index < -0.39 is 4.92 Å². The second-order valence-corrected chi connectivity index (χ2v) is 6.57. The van der Waals surface area contributed by atoms with Gasteiger partial charge >= 0.3 is 5.82 Å². The van der Waals surface area contributed by atoms with Crippen LogP contribution in [0.25, 0.3) is 0 Å². The molecule has 1 amide bonds. The number of aromatic nitrogens is 2. The number of carbonyl (C=O) groups is 1. The number of nitrogens with zero attached hydrogens (tertiary/aromatic N) is 4. The van der Waals surface area contributed by atoms with E-state index in [0.29, 0.717) is 6.54 Å². The molecule has 0 saturated carbocycles. The van der Waals surface area contributed by atoms with Crippen LogP contribution < -0.4 is 10.2 Å². The number of anilines is 3. The molecule has 0 fully saturated rings. The van der Waals surface area contributed by atoms with Crippen molar-refractivity contribution in [3.05, 3.63) is 76.7 Å². The molecular weight excluding hydrogens is 358 g/mol. The first kappa shape index (κ1) is 17.7. The van der Waals surface area contributed by atoms with Crippen LogP contribution in [-0.2, 0) is 17.8 Å². The van der Waals surface area contributed by atoms with Crippen LogP contribution in [0.15, 0.2) is 61.1 Å². The molecule has 1 N–H and O–H groups in total. The van der Waals surface area contributed by atoms with Gasteiger partial charge in [-0.05, 0) is 40.1 Å². The number of hydrogen-bond acceptors (Lipinski definition) is 5. The van der Waals surface area contributed by atoms with Gasteiger partial charge in [-0.2, -0.15) is 0 Å². The largest absolute Gasteiger partial charge is 0.381 e. The maximum absolute atomic E-state index is 12.4. The van der Waals surface area contributed by atoms with E-state index in [1.54, 1.807) is 4.57 Å². The maximum Gasteiger partial charge on any atom is 0.381 e. The van der Waals surface area contributed by atoms with Crippen molar-refractivity contribution in [2.45, 2.75) is 19.4 Å². The highest BCUT2D eigenvalue weighted by Gasteiger charge is 2.22. The molecule has 0 unspecified atom stereocenters.